The Labute approximate surface area is 434 Å². The predicted octanol–water partition coefficient (Wildman–Crippen LogP) is 0.326. The molecule has 0 spiro atoms. The summed E-state index contributed by atoms with van der Waals surface area (Å²) in [5.74, 6) is -7.73. The highest BCUT2D eigenvalue weighted by Crippen LogP contribution is 2.38. The van der Waals surface area contributed by atoms with Crippen LogP contribution in [0.2, 0.25) is 0 Å². The van der Waals surface area contributed by atoms with Gasteiger partial charge in [-0.1, -0.05) is 105 Å². The van der Waals surface area contributed by atoms with Crippen molar-refractivity contribution >= 4 is 17.8 Å². The number of fused-ring (bicyclic) bond motifs is 2. The lowest BCUT2D eigenvalue weighted by molar-refractivity contribution is -0.310. The molecule has 0 aromatic heterocycles. The summed E-state index contributed by atoms with van der Waals surface area (Å²) in [6.45, 7) is 7.09. The number of ether oxygens (including phenoxy) is 4. The molecule has 21 nitrogen and oxygen atoms in total. The number of aliphatic carboxylic acids is 1. The molecule has 1 amide bonds. The first kappa shape index (κ1) is 64.3. The van der Waals surface area contributed by atoms with Gasteiger partial charge in [-0.2, -0.15) is 0 Å². The first-order chi connectivity index (χ1) is 35.0. The summed E-state index contributed by atoms with van der Waals surface area (Å²) in [5.41, 5.74) is 11.6. The number of allylic oxidation sites excluding steroid dienone is 12. The number of nitrogens with one attached hydrogen (secondary N) is 1. The number of carbonyl (C=O) groups excluding carboxylic acids is 2. The van der Waals surface area contributed by atoms with E-state index in [1.54, 1.807) is 86.8 Å². The van der Waals surface area contributed by atoms with E-state index < -0.39 is 159 Å². The minimum Gasteiger partial charge on any atom is -0.481 e. The van der Waals surface area contributed by atoms with Gasteiger partial charge < -0.3 is 91.9 Å². The maximum Gasteiger partial charge on any atom is 0.311 e. The first-order valence-corrected chi connectivity index (χ1v) is 25.7. The van der Waals surface area contributed by atoms with E-state index in [9.17, 15) is 70.6 Å². The minimum atomic E-state index is -2.42. The molecule has 0 aromatic carbocycles. The van der Waals surface area contributed by atoms with Gasteiger partial charge in [-0.3, -0.25) is 14.4 Å². The molecule has 420 valence electrons. The van der Waals surface area contributed by atoms with Gasteiger partial charge in [0.2, 0.25) is 5.91 Å². The maximum absolute atomic E-state index is 13.1. The van der Waals surface area contributed by atoms with E-state index in [2.05, 4.69) is 5.32 Å². The highest BCUT2D eigenvalue weighted by Gasteiger charge is 2.51. The van der Waals surface area contributed by atoms with E-state index in [1.807, 2.05) is 13.0 Å². The Balaban J connectivity index is 1.92. The Bertz CT molecular complexity index is 1910. The second kappa shape index (κ2) is 32.5. The van der Waals surface area contributed by atoms with Crippen molar-refractivity contribution in [1.82, 2.24) is 5.32 Å². The number of nitrogens with two attached hydrogens (primary N) is 2. The molecule has 0 saturated carbocycles. The van der Waals surface area contributed by atoms with Crippen LogP contribution < -0.4 is 16.8 Å². The highest BCUT2D eigenvalue weighted by molar-refractivity contribution is 5.81. The summed E-state index contributed by atoms with van der Waals surface area (Å²) in [6, 6.07) is -2.30. The third-order valence-electron chi connectivity index (χ3n) is 13.6. The second-order valence-electron chi connectivity index (χ2n) is 19.9. The summed E-state index contributed by atoms with van der Waals surface area (Å²) in [7, 11) is 0. The van der Waals surface area contributed by atoms with Crippen LogP contribution in [0.15, 0.2) is 85.1 Å². The smallest absolute Gasteiger partial charge is 0.311 e. The molecule has 2 fully saturated rings. The van der Waals surface area contributed by atoms with Crippen molar-refractivity contribution in [2.75, 3.05) is 6.54 Å². The Morgan fingerprint density at radius 1 is 0.716 bits per heavy atom. The number of hydrogen-bond donors (Lipinski definition) is 14. The fourth-order valence-electron chi connectivity index (χ4n) is 9.00. The zero-order chi connectivity index (χ0) is 55.1. The van der Waals surface area contributed by atoms with Crippen LogP contribution >= 0.6 is 0 Å². The lowest BCUT2D eigenvalue weighted by Crippen LogP contribution is -2.65. The Hall–Kier alpha value is -4.01. The molecule has 0 aliphatic carbocycles. The standard InChI is InChI=1S/C53H85N3O18/c1-31-19-15-13-11-9-7-5-6-8-10-12-14-16-20-38(73-52-49(66)46(48(65)34(4)72-52)56-50(67)39(55)21-17-18-24-54)28-43-45(51(68)69)42(62)30-53(70,74-43)29-41(61)40(60)23-22-35(57)25-36(58)26-37(59)27-44(63)71-33(3)32(2)47(31)64/h5-16,19-20,31-43,45-49,52,57-62,64-66,70H,17-18,21-30,54-55H2,1-4H3,(H,56,67)(H,68,69)/b6-5+,9-7+,10-8+,13-11+,14-12+,19-15+,20-16+/t31-,32-,33-,34+,35+,36+,37+,38-,39-,40+,41+,42-,43-,45+,46-,47+,48+,49-,52-,53+/m0/s1. The second-order valence-corrected chi connectivity index (χ2v) is 19.9. The number of rotatable bonds is 9. The quantitative estimate of drug-likeness (QED) is 0.109. The van der Waals surface area contributed by atoms with Crippen LogP contribution in [-0.2, 0) is 33.3 Å². The number of amides is 1. The number of hydrogen-bond acceptors (Lipinski definition) is 19. The largest absolute Gasteiger partial charge is 0.481 e. The topological polar surface area (TPSA) is 375 Å². The van der Waals surface area contributed by atoms with Gasteiger partial charge in [0.15, 0.2) is 12.1 Å². The van der Waals surface area contributed by atoms with Crippen molar-refractivity contribution < 1.29 is 89.5 Å². The monoisotopic (exact) mass is 1050 g/mol. The van der Waals surface area contributed by atoms with Crippen LogP contribution in [0, 0.1) is 17.8 Å². The zero-order valence-electron chi connectivity index (χ0n) is 43.0. The van der Waals surface area contributed by atoms with E-state index >= 15 is 0 Å². The van der Waals surface area contributed by atoms with Gasteiger partial charge in [-0.25, -0.2) is 0 Å². The van der Waals surface area contributed by atoms with Crippen LogP contribution in [-0.4, -0.2) is 184 Å². The van der Waals surface area contributed by atoms with Gasteiger partial charge in [0.05, 0.1) is 79.5 Å². The predicted molar refractivity (Wildman–Crippen MR) is 272 cm³/mol. The fraction of sp³-hybridized carbons (Fsp3) is 0.679. The average Bonchev–Trinajstić information content (AvgIpc) is 3.32. The molecule has 3 rings (SSSR count). The number of unbranched alkanes of at least 4 members (excludes halogenated alkanes) is 1. The lowest BCUT2D eigenvalue weighted by Gasteiger charge is -2.45. The molecule has 74 heavy (non-hydrogen) atoms. The molecule has 0 aromatic rings. The van der Waals surface area contributed by atoms with E-state index in [1.165, 1.54) is 13.0 Å². The van der Waals surface area contributed by atoms with Gasteiger partial charge >= 0.3 is 11.9 Å². The van der Waals surface area contributed by atoms with Gasteiger partial charge in [0.25, 0.3) is 0 Å². The summed E-state index contributed by atoms with van der Waals surface area (Å²) in [4.78, 5) is 38.4. The molecule has 3 heterocycles. The van der Waals surface area contributed by atoms with Crippen LogP contribution in [0.5, 0.6) is 0 Å². The third-order valence-corrected chi connectivity index (χ3v) is 13.6. The molecule has 16 N–H and O–H groups in total. The summed E-state index contributed by atoms with van der Waals surface area (Å²) < 4.78 is 23.5. The number of carboxylic acid groups (broad SMARTS) is 1. The molecule has 2 saturated heterocycles. The zero-order valence-corrected chi connectivity index (χ0v) is 43.0. The molecule has 20 atom stereocenters. The SMILES string of the molecule is C[C@@H]1[C@H](O)[C@@H](C)/C=C/C=C/C=C/C=C/C=C/C=C/C=C/[C@H](O[C@@H]2O[C@H](C)[C@@H](O)[C@H](NC(=O)[C@@H](N)CCCCN)[C@@H]2O)C[C@@H]2O[C@](O)(C[C@@H](O)[C@H](O)CC[C@@H](O)C[C@@H](O)C[C@@H](O)CC(=O)O[C@H]1C)C[C@H](O)[C@H]2C(=O)O. The van der Waals surface area contributed by atoms with E-state index in [-0.39, 0.29) is 31.6 Å². The Morgan fingerprint density at radius 2 is 1.28 bits per heavy atom. The molecule has 0 unspecified atom stereocenters. The third kappa shape index (κ3) is 21.9. The van der Waals surface area contributed by atoms with Crippen molar-refractivity contribution in [1.29, 1.82) is 0 Å². The summed E-state index contributed by atoms with van der Waals surface area (Å²) in [6.07, 6.45) is 3.36. The van der Waals surface area contributed by atoms with Crippen LogP contribution in [0.25, 0.3) is 0 Å². The van der Waals surface area contributed by atoms with E-state index in [4.69, 9.17) is 30.4 Å². The number of carbonyl (C=O) groups is 3. The molecule has 21 heteroatoms. The molecule has 0 radical (unpaired) electrons. The molecule has 3 aliphatic heterocycles. The van der Waals surface area contributed by atoms with Crippen LogP contribution in [0.1, 0.15) is 98.3 Å². The Kier molecular flexibility index (Phi) is 28.3. The van der Waals surface area contributed by atoms with Gasteiger partial charge in [0, 0.05) is 31.1 Å². The van der Waals surface area contributed by atoms with E-state index in [0.29, 0.717) is 25.8 Å². The van der Waals surface area contributed by atoms with Crippen molar-refractivity contribution in [3.05, 3.63) is 85.1 Å². The number of carboxylic acids is 1. The summed E-state index contributed by atoms with van der Waals surface area (Å²) >= 11 is 0. The normalized spacial score (nSPS) is 41.8. The van der Waals surface area contributed by atoms with Crippen molar-refractivity contribution in [2.45, 2.75) is 202 Å². The number of aliphatic hydroxyl groups excluding tert-OH is 9. The Morgan fingerprint density at radius 3 is 1.88 bits per heavy atom. The van der Waals surface area contributed by atoms with Gasteiger partial charge in [-0.05, 0) is 58.9 Å². The van der Waals surface area contributed by atoms with E-state index in [0.717, 1.165) is 0 Å². The van der Waals surface area contributed by atoms with Crippen molar-refractivity contribution in [3.8, 4) is 0 Å². The molecular formula is C53H85N3O18. The molecule has 3 aliphatic rings. The molecular weight excluding hydrogens is 967 g/mol. The first-order valence-electron chi connectivity index (χ1n) is 25.7. The van der Waals surface area contributed by atoms with Crippen molar-refractivity contribution in [2.24, 2.45) is 29.2 Å². The fourth-order valence-corrected chi connectivity index (χ4v) is 9.00. The minimum absolute atomic E-state index is 0.166. The highest BCUT2D eigenvalue weighted by atomic mass is 16.7. The number of aliphatic hydroxyl groups is 10. The number of esters is 1. The van der Waals surface area contributed by atoms with Crippen LogP contribution in [0.3, 0.4) is 0 Å². The maximum atomic E-state index is 13.1. The van der Waals surface area contributed by atoms with Crippen LogP contribution in [0.4, 0.5) is 0 Å². The lowest BCUT2D eigenvalue weighted by atomic mass is 9.82. The summed E-state index contributed by atoms with van der Waals surface area (Å²) in [5, 5.41) is 123. The van der Waals surface area contributed by atoms with Gasteiger partial charge in [0.1, 0.15) is 24.2 Å². The average molecular weight is 1050 g/mol. The number of cyclic esters (lactones) is 1. The van der Waals surface area contributed by atoms with Gasteiger partial charge in [-0.15, -0.1) is 0 Å². The molecule has 2 bridgehead atoms. The van der Waals surface area contributed by atoms with Crippen molar-refractivity contribution in [3.63, 3.8) is 0 Å².